The van der Waals surface area contributed by atoms with Crippen LogP contribution in [0, 0.1) is 11.7 Å². The molecule has 0 radical (unpaired) electrons. The van der Waals surface area contributed by atoms with Crippen molar-refractivity contribution in [2.45, 2.75) is 19.8 Å². The molecule has 0 spiro atoms. The van der Waals surface area contributed by atoms with Crippen LogP contribution >= 0.6 is 15.9 Å². The molecule has 1 aliphatic rings. The Kier molecular flexibility index (Phi) is 5.54. The molecule has 20 heavy (non-hydrogen) atoms. The van der Waals surface area contributed by atoms with Crippen LogP contribution in [0.1, 0.15) is 30.1 Å². The molecule has 2 rings (SSSR count). The van der Waals surface area contributed by atoms with Gasteiger partial charge in [0, 0.05) is 30.8 Å². The van der Waals surface area contributed by atoms with E-state index in [-0.39, 0.29) is 11.7 Å². The summed E-state index contributed by atoms with van der Waals surface area (Å²) in [7, 11) is 0. The first kappa shape index (κ1) is 15.4. The molecule has 1 aliphatic heterocycles. The highest BCUT2D eigenvalue weighted by molar-refractivity contribution is 9.10. The lowest BCUT2D eigenvalue weighted by molar-refractivity contribution is 0.0550. The Labute approximate surface area is 127 Å². The summed E-state index contributed by atoms with van der Waals surface area (Å²) in [5.41, 5.74) is 0.523. The number of piperidine rings is 1. The largest absolute Gasteiger partial charge is 0.381 e. The van der Waals surface area contributed by atoms with Crippen LogP contribution in [-0.2, 0) is 4.74 Å². The number of halogens is 2. The summed E-state index contributed by atoms with van der Waals surface area (Å²) in [6.45, 7) is 4.98. The quantitative estimate of drug-likeness (QED) is 0.837. The van der Waals surface area contributed by atoms with Crippen molar-refractivity contribution in [2.75, 3.05) is 26.3 Å². The molecule has 1 amide bonds. The maximum atomic E-state index is 13.1. The first-order chi connectivity index (χ1) is 9.61. The topological polar surface area (TPSA) is 29.5 Å². The Bertz CT molecular complexity index is 473. The van der Waals surface area contributed by atoms with Crippen LogP contribution in [-0.4, -0.2) is 37.1 Å². The highest BCUT2D eigenvalue weighted by Crippen LogP contribution is 2.23. The maximum absolute atomic E-state index is 13.1. The van der Waals surface area contributed by atoms with E-state index in [0.717, 1.165) is 39.1 Å². The summed E-state index contributed by atoms with van der Waals surface area (Å²) in [5, 5.41) is 0. The minimum atomic E-state index is -0.344. The van der Waals surface area contributed by atoms with E-state index < -0.39 is 0 Å². The minimum Gasteiger partial charge on any atom is -0.381 e. The number of amides is 1. The number of hydrogen-bond donors (Lipinski definition) is 0. The van der Waals surface area contributed by atoms with E-state index in [1.165, 1.54) is 18.2 Å². The van der Waals surface area contributed by atoms with Crippen LogP contribution in [0.15, 0.2) is 22.7 Å². The van der Waals surface area contributed by atoms with Gasteiger partial charge in [0.15, 0.2) is 0 Å². The highest BCUT2D eigenvalue weighted by atomic mass is 79.9. The summed E-state index contributed by atoms with van der Waals surface area (Å²) in [5.74, 6) is 0.159. The van der Waals surface area contributed by atoms with Gasteiger partial charge in [0.1, 0.15) is 5.82 Å². The molecule has 3 nitrogen and oxygen atoms in total. The SMILES string of the molecule is CCOCC1CCN(C(=O)c2ccc(F)cc2Br)CC1. The van der Waals surface area contributed by atoms with E-state index in [0.29, 0.717) is 16.0 Å². The van der Waals surface area contributed by atoms with E-state index in [9.17, 15) is 9.18 Å². The van der Waals surface area contributed by atoms with Gasteiger partial charge in [-0.2, -0.15) is 0 Å². The van der Waals surface area contributed by atoms with Gasteiger partial charge >= 0.3 is 0 Å². The first-order valence-electron chi connectivity index (χ1n) is 6.94. The van der Waals surface area contributed by atoms with Crippen molar-refractivity contribution in [2.24, 2.45) is 5.92 Å². The average molecular weight is 344 g/mol. The van der Waals surface area contributed by atoms with Crippen LogP contribution in [0.4, 0.5) is 4.39 Å². The van der Waals surface area contributed by atoms with Gasteiger partial charge < -0.3 is 9.64 Å². The number of ether oxygens (including phenoxy) is 1. The van der Waals surface area contributed by atoms with Crippen molar-refractivity contribution < 1.29 is 13.9 Å². The van der Waals surface area contributed by atoms with Gasteiger partial charge in [-0.3, -0.25) is 4.79 Å². The number of carbonyl (C=O) groups is 1. The lowest BCUT2D eigenvalue weighted by Gasteiger charge is -2.32. The fourth-order valence-corrected chi connectivity index (χ4v) is 2.94. The molecule has 0 N–H and O–H groups in total. The standard InChI is InChI=1S/C15H19BrFNO2/c1-2-20-10-11-5-7-18(8-6-11)15(19)13-4-3-12(17)9-14(13)16/h3-4,9,11H,2,5-8,10H2,1H3. The van der Waals surface area contributed by atoms with E-state index in [1.54, 1.807) is 0 Å². The first-order valence-corrected chi connectivity index (χ1v) is 7.73. The number of benzene rings is 1. The zero-order valence-corrected chi connectivity index (χ0v) is 13.2. The fraction of sp³-hybridized carbons (Fsp3) is 0.533. The number of nitrogens with zero attached hydrogens (tertiary/aromatic N) is 1. The van der Waals surface area contributed by atoms with Gasteiger partial charge in [0.2, 0.25) is 0 Å². The molecular weight excluding hydrogens is 325 g/mol. The van der Waals surface area contributed by atoms with Gasteiger partial charge in [-0.1, -0.05) is 0 Å². The third kappa shape index (κ3) is 3.79. The van der Waals surface area contributed by atoms with E-state index in [2.05, 4.69) is 15.9 Å². The van der Waals surface area contributed by atoms with E-state index in [1.807, 2.05) is 11.8 Å². The molecule has 0 bridgehead atoms. The highest BCUT2D eigenvalue weighted by Gasteiger charge is 2.24. The Morgan fingerprint density at radius 1 is 1.45 bits per heavy atom. The van der Waals surface area contributed by atoms with Gasteiger partial charge in [-0.15, -0.1) is 0 Å². The molecule has 0 aliphatic carbocycles. The maximum Gasteiger partial charge on any atom is 0.255 e. The second-order valence-electron chi connectivity index (χ2n) is 5.02. The Morgan fingerprint density at radius 2 is 2.15 bits per heavy atom. The summed E-state index contributed by atoms with van der Waals surface area (Å²) in [6, 6.07) is 4.18. The van der Waals surface area contributed by atoms with Crippen LogP contribution in [0.5, 0.6) is 0 Å². The molecule has 1 fully saturated rings. The molecule has 0 saturated carbocycles. The number of rotatable bonds is 4. The summed E-state index contributed by atoms with van der Waals surface area (Å²) >= 11 is 3.25. The number of hydrogen-bond acceptors (Lipinski definition) is 2. The Morgan fingerprint density at radius 3 is 2.75 bits per heavy atom. The fourth-order valence-electron chi connectivity index (χ4n) is 2.42. The number of carbonyl (C=O) groups excluding carboxylic acids is 1. The molecule has 1 aromatic carbocycles. The zero-order valence-electron chi connectivity index (χ0n) is 11.6. The molecular formula is C15H19BrFNO2. The second kappa shape index (κ2) is 7.18. The average Bonchev–Trinajstić information content (AvgIpc) is 2.45. The summed E-state index contributed by atoms with van der Waals surface area (Å²) < 4.78 is 19.0. The van der Waals surface area contributed by atoms with Crippen molar-refractivity contribution in [1.29, 1.82) is 0 Å². The lowest BCUT2D eigenvalue weighted by atomic mass is 9.97. The summed E-state index contributed by atoms with van der Waals surface area (Å²) in [6.07, 6.45) is 1.93. The van der Waals surface area contributed by atoms with Crippen molar-refractivity contribution in [1.82, 2.24) is 4.90 Å². The minimum absolute atomic E-state index is 0.0354. The van der Waals surface area contributed by atoms with Crippen molar-refractivity contribution in [3.8, 4) is 0 Å². The third-order valence-corrected chi connectivity index (χ3v) is 4.28. The molecule has 1 aromatic rings. The van der Waals surface area contributed by atoms with Gasteiger partial charge in [0.05, 0.1) is 5.56 Å². The second-order valence-corrected chi connectivity index (χ2v) is 5.87. The number of likely N-dealkylation sites (tertiary alicyclic amines) is 1. The molecule has 0 unspecified atom stereocenters. The Balaban J connectivity index is 1.94. The third-order valence-electron chi connectivity index (χ3n) is 3.62. The van der Waals surface area contributed by atoms with E-state index in [4.69, 9.17) is 4.74 Å². The normalized spacial score (nSPS) is 16.4. The Hall–Kier alpha value is -0.940. The molecule has 0 atom stereocenters. The predicted octanol–water partition coefficient (Wildman–Crippen LogP) is 3.48. The molecule has 110 valence electrons. The summed E-state index contributed by atoms with van der Waals surface area (Å²) in [4.78, 5) is 14.2. The van der Waals surface area contributed by atoms with Crippen molar-refractivity contribution in [3.63, 3.8) is 0 Å². The predicted molar refractivity (Wildman–Crippen MR) is 79.2 cm³/mol. The van der Waals surface area contributed by atoms with Crippen LogP contribution in [0.2, 0.25) is 0 Å². The molecule has 1 saturated heterocycles. The molecule has 0 aromatic heterocycles. The van der Waals surface area contributed by atoms with Crippen LogP contribution < -0.4 is 0 Å². The van der Waals surface area contributed by atoms with E-state index >= 15 is 0 Å². The van der Waals surface area contributed by atoms with Gasteiger partial charge in [-0.25, -0.2) is 4.39 Å². The van der Waals surface area contributed by atoms with Crippen LogP contribution in [0.3, 0.4) is 0 Å². The van der Waals surface area contributed by atoms with Crippen molar-refractivity contribution in [3.05, 3.63) is 34.1 Å². The zero-order chi connectivity index (χ0) is 14.5. The smallest absolute Gasteiger partial charge is 0.255 e. The monoisotopic (exact) mass is 343 g/mol. The van der Waals surface area contributed by atoms with Crippen molar-refractivity contribution >= 4 is 21.8 Å². The molecule has 5 heteroatoms. The van der Waals surface area contributed by atoms with Gasteiger partial charge in [-0.05, 0) is 59.8 Å². The van der Waals surface area contributed by atoms with Gasteiger partial charge in [0.25, 0.3) is 5.91 Å². The van der Waals surface area contributed by atoms with Crippen LogP contribution in [0.25, 0.3) is 0 Å². The lowest BCUT2D eigenvalue weighted by Crippen LogP contribution is -2.39. The molecule has 1 heterocycles.